The van der Waals surface area contributed by atoms with E-state index in [1.54, 1.807) is 11.3 Å². The van der Waals surface area contributed by atoms with Gasteiger partial charge in [-0.2, -0.15) is 0 Å². The third-order valence-electron chi connectivity index (χ3n) is 3.53. The second kappa shape index (κ2) is 4.69. The first-order valence-electron chi connectivity index (χ1n) is 6.54. The van der Waals surface area contributed by atoms with E-state index in [1.807, 2.05) is 0 Å². The van der Waals surface area contributed by atoms with E-state index < -0.39 is 0 Å². The number of aromatic nitrogens is 2. The zero-order valence-electron chi connectivity index (χ0n) is 10.6. The highest BCUT2D eigenvalue weighted by atomic mass is 35.5. The summed E-state index contributed by atoms with van der Waals surface area (Å²) in [6, 6.07) is 8.36. The van der Waals surface area contributed by atoms with Crippen LogP contribution >= 0.6 is 22.9 Å². The third-order valence-corrected chi connectivity index (χ3v) is 4.76. The minimum absolute atomic E-state index is 0.328. The molecule has 0 atom stereocenters. The standard InChI is InChI=1S/C16H11ClN2S/c17-16-18-14(10-6-2-1-3-7-10)13-11-8-4-5-9-12(11)20-15(13)19-16/h1-2,4-6,8-9H,3,7H2. The van der Waals surface area contributed by atoms with Gasteiger partial charge in [0.05, 0.1) is 5.69 Å². The van der Waals surface area contributed by atoms with Crippen molar-refractivity contribution in [3.63, 3.8) is 0 Å². The summed E-state index contributed by atoms with van der Waals surface area (Å²) in [5, 5.41) is 2.68. The number of fused-ring (bicyclic) bond motifs is 3. The van der Waals surface area contributed by atoms with Crippen molar-refractivity contribution in [3.8, 4) is 0 Å². The molecule has 0 spiro atoms. The van der Waals surface area contributed by atoms with Crippen LogP contribution in [0.1, 0.15) is 18.5 Å². The van der Waals surface area contributed by atoms with Crippen LogP contribution in [0.25, 0.3) is 25.9 Å². The van der Waals surface area contributed by atoms with Crippen LogP contribution in [0.3, 0.4) is 0 Å². The first-order chi connectivity index (χ1) is 9.83. The Bertz CT molecular complexity index is 877. The molecular formula is C16H11ClN2S. The lowest BCUT2D eigenvalue weighted by molar-refractivity contribution is 1.04. The summed E-state index contributed by atoms with van der Waals surface area (Å²) in [7, 11) is 0. The summed E-state index contributed by atoms with van der Waals surface area (Å²) in [4.78, 5) is 9.87. The number of thiophene rings is 1. The molecule has 0 unspecified atom stereocenters. The summed E-state index contributed by atoms with van der Waals surface area (Å²) in [6.07, 6.45) is 8.46. The zero-order valence-corrected chi connectivity index (χ0v) is 12.2. The first-order valence-corrected chi connectivity index (χ1v) is 7.73. The van der Waals surface area contributed by atoms with E-state index >= 15 is 0 Å². The molecule has 3 aromatic rings. The van der Waals surface area contributed by atoms with Gasteiger partial charge in [0.25, 0.3) is 0 Å². The van der Waals surface area contributed by atoms with Crippen molar-refractivity contribution in [3.05, 3.63) is 53.5 Å². The molecule has 2 heterocycles. The van der Waals surface area contributed by atoms with Crippen molar-refractivity contribution in [2.24, 2.45) is 0 Å². The van der Waals surface area contributed by atoms with Crippen LogP contribution in [-0.2, 0) is 0 Å². The Morgan fingerprint density at radius 1 is 1.15 bits per heavy atom. The maximum absolute atomic E-state index is 6.11. The fraction of sp³-hybridized carbons (Fsp3) is 0.125. The fourth-order valence-electron chi connectivity index (χ4n) is 2.63. The van der Waals surface area contributed by atoms with E-state index in [0.29, 0.717) is 5.28 Å². The highest BCUT2D eigenvalue weighted by Crippen LogP contribution is 2.38. The Morgan fingerprint density at radius 3 is 2.90 bits per heavy atom. The van der Waals surface area contributed by atoms with Crippen molar-refractivity contribution in [1.29, 1.82) is 0 Å². The fourth-order valence-corrected chi connectivity index (χ4v) is 3.92. The van der Waals surface area contributed by atoms with Crippen molar-refractivity contribution in [2.75, 3.05) is 0 Å². The van der Waals surface area contributed by atoms with Crippen LogP contribution in [0.15, 0.2) is 42.5 Å². The summed E-state index contributed by atoms with van der Waals surface area (Å²) >= 11 is 7.78. The highest BCUT2D eigenvalue weighted by Gasteiger charge is 2.16. The summed E-state index contributed by atoms with van der Waals surface area (Å²) in [6.45, 7) is 0. The number of hydrogen-bond donors (Lipinski definition) is 0. The van der Waals surface area contributed by atoms with Crippen molar-refractivity contribution < 1.29 is 0 Å². The molecule has 0 bridgehead atoms. The van der Waals surface area contributed by atoms with Gasteiger partial charge >= 0.3 is 0 Å². The Morgan fingerprint density at radius 2 is 2.05 bits per heavy atom. The number of benzene rings is 1. The molecule has 0 amide bonds. The maximum atomic E-state index is 6.11. The second-order valence-electron chi connectivity index (χ2n) is 4.78. The number of nitrogens with zero attached hydrogens (tertiary/aromatic N) is 2. The zero-order chi connectivity index (χ0) is 13.5. The molecule has 0 saturated carbocycles. The molecule has 0 N–H and O–H groups in total. The molecule has 0 radical (unpaired) electrons. The lowest BCUT2D eigenvalue weighted by atomic mass is 9.99. The molecule has 0 saturated heterocycles. The van der Waals surface area contributed by atoms with Crippen molar-refractivity contribution in [1.82, 2.24) is 9.97 Å². The molecule has 4 heteroatoms. The number of hydrogen-bond acceptors (Lipinski definition) is 3. The van der Waals surface area contributed by atoms with Crippen LogP contribution in [0, 0.1) is 0 Å². The molecule has 4 rings (SSSR count). The Hall–Kier alpha value is -1.71. The Kier molecular flexibility index (Phi) is 2.83. The van der Waals surface area contributed by atoms with E-state index in [-0.39, 0.29) is 0 Å². The largest absolute Gasteiger partial charge is 0.224 e. The molecule has 1 aliphatic rings. The lowest BCUT2D eigenvalue weighted by Crippen LogP contribution is -1.95. The average molecular weight is 299 g/mol. The highest BCUT2D eigenvalue weighted by molar-refractivity contribution is 7.25. The van der Waals surface area contributed by atoms with Gasteiger partial charge in [-0.1, -0.05) is 36.4 Å². The summed E-state index contributed by atoms with van der Waals surface area (Å²) in [5.74, 6) is 0. The van der Waals surface area contributed by atoms with Gasteiger partial charge < -0.3 is 0 Å². The van der Waals surface area contributed by atoms with Crippen LogP contribution < -0.4 is 0 Å². The molecule has 1 aromatic carbocycles. The molecule has 1 aliphatic carbocycles. The average Bonchev–Trinajstić information content (AvgIpc) is 2.85. The van der Waals surface area contributed by atoms with Crippen molar-refractivity contribution >= 4 is 48.8 Å². The van der Waals surface area contributed by atoms with E-state index in [1.165, 1.54) is 15.7 Å². The molecule has 20 heavy (non-hydrogen) atoms. The topological polar surface area (TPSA) is 25.8 Å². The molecule has 98 valence electrons. The predicted octanol–water partition coefficient (Wildman–Crippen LogP) is 5.23. The predicted molar refractivity (Wildman–Crippen MR) is 86.3 cm³/mol. The number of halogens is 1. The number of rotatable bonds is 1. The van der Waals surface area contributed by atoms with E-state index in [2.05, 4.69) is 52.5 Å². The van der Waals surface area contributed by atoms with Crippen LogP contribution in [-0.4, -0.2) is 9.97 Å². The maximum Gasteiger partial charge on any atom is 0.224 e. The van der Waals surface area contributed by atoms with Crippen LogP contribution in [0.4, 0.5) is 0 Å². The van der Waals surface area contributed by atoms with Gasteiger partial charge in [-0.15, -0.1) is 11.3 Å². The molecule has 2 aromatic heterocycles. The van der Waals surface area contributed by atoms with E-state index in [4.69, 9.17) is 11.6 Å². The minimum atomic E-state index is 0.328. The van der Waals surface area contributed by atoms with Crippen molar-refractivity contribution in [2.45, 2.75) is 12.8 Å². The van der Waals surface area contributed by atoms with Gasteiger partial charge in [0.15, 0.2) is 0 Å². The molecule has 0 aliphatic heterocycles. The smallest absolute Gasteiger partial charge is 0.217 e. The SMILES string of the molecule is Clc1nc(C2=CC=CCC2)c2c(n1)sc1ccccc12. The van der Waals surface area contributed by atoms with Gasteiger partial charge in [-0.3, -0.25) is 0 Å². The Labute approximate surface area is 125 Å². The van der Waals surface area contributed by atoms with Gasteiger partial charge in [0, 0.05) is 15.5 Å². The van der Waals surface area contributed by atoms with Gasteiger partial charge in [0.2, 0.25) is 5.28 Å². The minimum Gasteiger partial charge on any atom is -0.217 e. The number of allylic oxidation sites excluding steroid dienone is 4. The summed E-state index contributed by atoms with van der Waals surface area (Å²) in [5.41, 5.74) is 2.23. The normalized spacial score (nSPS) is 14.9. The lowest BCUT2D eigenvalue weighted by Gasteiger charge is -2.10. The third kappa shape index (κ3) is 1.86. The first kappa shape index (κ1) is 12.1. The van der Waals surface area contributed by atoms with Gasteiger partial charge in [-0.25, -0.2) is 9.97 Å². The quantitative estimate of drug-likeness (QED) is 0.575. The van der Waals surface area contributed by atoms with E-state index in [0.717, 1.165) is 28.8 Å². The molecule has 0 fully saturated rings. The Balaban J connectivity index is 2.12. The summed E-state index contributed by atoms with van der Waals surface area (Å²) < 4.78 is 1.23. The monoisotopic (exact) mass is 298 g/mol. The molecular weight excluding hydrogens is 288 g/mol. The second-order valence-corrected chi connectivity index (χ2v) is 6.15. The van der Waals surface area contributed by atoms with E-state index in [9.17, 15) is 0 Å². The molecule has 2 nitrogen and oxygen atoms in total. The van der Waals surface area contributed by atoms with Crippen LogP contribution in [0.2, 0.25) is 5.28 Å². The van der Waals surface area contributed by atoms with Crippen LogP contribution in [0.5, 0.6) is 0 Å². The van der Waals surface area contributed by atoms with Gasteiger partial charge in [-0.05, 0) is 36.1 Å². The van der Waals surface area contributed by atoms with Gasteiger partial charge in [0.1, 0.15) is 4.83 Å².